The van der Waals surface area contributed by atoms with Crippen molar-refractivity contribution in [3.63, 3.8) is 0 Å². The molecule has 0 aliphatic heterocycles. The maximum Gasteiger partial charge on any atom is 0.0991 e. The predicted molar refractivity (Wildman–Crippen MR) is 81.0 cm³/mol. The van der Waals surface area contributed by atoms with Gasteiger partial charge >= 0.3 is 0 Å². The Balaban J connectivity index is 1.90. The summed E-state index contributed by atoms with van der Waals surface area (Å²) in [5, 5.41) is 0. The minimum atomic E-state index is 1.13. The van der Waals surface area contributed by atoms with Crippen molar-refractivity contribution in [3.8, 4) is 5.69 Å². The molecule has 0 spiro atoms. The lowest BCUT2D eigenvalue weighted by Gasteiger charge is -2.19. The van der Waals surface area contributed by atoms with E-state index in [4.69, 9.17) is 0 Å². The number of hydrogen-bond acceptors (Lipinski definition) is 2. The Labute approximate surface area is 115 Å². The summed E-state index contributed by atoms with van der Waals surface area (Å²) in [7, 11) is 2.16. The van der Waals surface area contributed by atoms with Gasteiger partial charge in [0.05, 0.1) is 6.33 Å². The van der Waals surface area contributed by atoms with Gasteiger partial charge in [-0.1, -0.05) is 26.2 Å². The van der Waals surface area contributed by atoms with Crippen molar-refractivity contribution in [3.05, 3.63) is 43.0 Å². The normalized spacial score (nSPS) is 10.6. The molecule has 0 aliphatic carbocycles. The molecule has 0 aliphatic rings. The first-order valence-electron chi connectivity index (χ1n) is 7.11. The number of benzene rings is 1. The minimum absolute atomic E-state index is 1.13. The lowest BCUT2D eigenvalue weighted by Crippen LogP contribution is -2.18. The van der Waals surface area contributed by atoms with Gasteiger partial charge in [0.2, 0.25) is 0 Å². The number of imidazole rings is 1. The van der Waals surface area contributed by atoms with Crippen molar-refractivity contribution in [2.24, 2.45) is 0 Å². The molecule has 3 heteroatoms. The second-order valence-electron chi connectivity index (χ2n) is 4.97. The van der Waals surface area contributed by atoms with Gasteiger partial charge in [0.25, 0.3) is 0 Å². The van der Waals surface area contributed by atoms with Crippen molar-refractivity contribution in [1.29, 1.82) is 0 Å². The fourth-order valence-corrected chi connectivity index (χ4v) is 2.20. The highest BCUT2D eigenvalue weighted by Crippen LogP contribution is 2.17. The average Bonchev–Trinajstić information content (AvgIpc) is 2.98. The van der Waals surface area contributed by atoms with E-state index >= 15 is 0 Å². The molecule has 0 saturated heterocycles. The molecule has 0 fully saturated rings. The minimum Gasteiger partial charge on any atom is -0.375 e. The molecule has 19 heavy (non-hydrogen) atoms. The van der Waals surface area contributed by atoms with Crippen LogP contribution in [0.25, 0.3) is 5.69 Å². The van der Waals surface area contributed by atoms with Gasteiger partial charge in [0.15, 0.2) is 0 Å². The number of unbranched alkanes of at least 4 members (excludes halogenated alkanes) is 3. The second-order valence-corrected chi connectivity index (χ2v) is 4.97. The summed E-state index contributed by atoms with van der Waals surface area (Å²) in [6, 6.07) is 8.63. The SMILES string of the molecule is CCCCCCN(C)c1ccc(-n2ccnc2)cc1. The van der Waals surface area contributed by atoms with Crippen LogP contribution >= 0.6 is 0 Å². The van der Waals surface area contributed by atoms with Crippen molar-refractivity contribution in [2.45, 2.75) is 32.6 Å². The van der Waals surface area contributed by atoms with Crippen LogP contribution in [0.1, 0.15) is 32.6 Å². The summed E-state index contributed by atoms with van der Waals surface area (Å²) >= 11 is 0. The number of hydrogen-bond donors (Lipinski definition) is 0. The fourth-order valence-electron chi connectivity index (χ4n) is 2.20. The van der Waals surface area contributed by atoms with Crippen molar-refractivity contribution in [2.75, 3.05) is 18.5 Å². The third kappa shape index (κ3) is 3.85. The van der Waals surface area contributed by atoms with Gasteiger partial charge in [-0.3, -0.25) is 0 Å². The van der Waals surface area contributed by atoms with Gasteiger partial charge in [0, 0.05) is 37.4 Å². The van der Waals surface area contributed by atoms with E-state index in [1.165, 1.54) is 31.4 Å². The average molecular weight is 257 g/mol. The molecular weight excluding hydrogens is 234 g/mol. The highest BCUT2D eigenvalue weighted by Gasteiger charge is 2.01. The van der Waals surface area contributed by atoms with E-state index in [1.807, 2.05) is 17.1 Å². The number of aromatic nitrogens is 2. The van der Waals surface area contributed by atoms with E-state index in [1.54, 1.807) is 6.20 Å². The van der Waals surface area contributed by atoms with E-state index in [0.717, 1.165) is 12.2 Å². The number of nitrogens with zero attached hydrogens (tertiary/aromatic N) is 3. The lowest BCUT2D eigenvalue weighted by atomic mass is 10.2. The molecular formula is C16H23N3. The van der Waals surface area contributed by atoms with Gasteiger partial charge in [-0.15, -0.1) is 0 Å². The lowest BCUT2D eigenvalue weighted by molar-refractivity contribution is 0.661. The molecule has 0 N–H and O–H groups in total. The molecule has 1 heterocycles. The second kappa shape index (κ2) is 6.98. The van der Waals surface area contributed by atoms with Gasteiger partial charge in [-0.25, -0.2) is 4.98 Å². The zero-order valence-corrected chi connectivity index (χ0v) is 11.9. The predicted octanol–water partition coefficient (Wildman–Crippen LogP) is 3.89. The first kappa shape index (κ1) is 13.7. The van der Waals surface area contributed by atoms with E-state index in [-0.39, 0.29) is 0 Å². The van der Waals surface area contributed by atoms with E-state index < -0.39 is 0 Å². The van der Waals surface area contributed by atoms with Crippen LogP contribution in [0.4, 0.5) is 5.69 Å². The van der Waals surface area contributed by atoms with Crippen LogP contribution in [0.5, 0.6) is 0 Å². The van der Waals surface area contributed by atoms with Crippen molar-refractivity contribution in [1.82, 2.24) is 9.55 Å². The van der Waals surface area contributed by atoms with E-state index in [9.17, 15) is 0 Å². The summed E-state index contributed by atoms with van der Waals surface area (Å²) in [6.07, 6.45) is 10.8. The first-order chi connectivity index (χ1) is 9.31. The molecule has 3 nitrogen and oxygen atoms in total. The zero-order chi connectivity index (χ0) is 13.5. The van der Waals surface area contributed by atoms with E-state index in [2.05, 4.69) is 48.1 Å². The molecule has 2 aromatic rings. The fraction of sp³-hybridized carbons (Fsp3) is 0.438. The highest BCUT2D eigenvalue weighted by molar-refractivity contribution is 5.50. The Morgan fingerprint density at radius 1 is 1.11 bits per heavy atom. The third-order valence-corrected chi connectivity index (χ3v) is 3.44. The van der Waals surface area contributed by atoms with Crippen LogP contribution in [-0.4, -0.2) is 23.1 Å². The molecule has 0 unspecified atom stereocenters. The number of rotatable bonds is 7. The molecule has 0 bridgehead atoms. The van der Waals surface area contributed by atoms with Crippen LogP contribution in [0, 0.1) is 0 Å². The largest absolute Gasteiger partial charge is 0.375 e. The van der Waals surface area contributed by atoms with Gasteiger partial charge < -0.3 is 9.47 Å². The smallest absolute Gasteiger partial charge is 0.0991 e. The van der Waals surface area contributed by atoms with Crippen LogP contribution < -0.4 is 4.90 Å². The Morgan fingerprint density at radius 2 is 1.89 bits per heavy atom. The summed E-state index contributed by atoms with van der Waals surface area (Å²) in [6.45, 7) is 3.38. The highest BCUT2D eigenvalue weighted by atomic mass is 15.1. The Hall–Kier alpha value is -1.77. The van der Waals surface area contributed by atoms with Crippen LogP contribution in [0.3, 0.4) is 0 Å². The molecule has 0 atom stereocenters. The molecule has 0 amide bonds. The maximum absolute atomic E-state index is 4.07. The van der Waals surface area contributed by atoms with Crippen molar-refractivity contribution < 1.29 is 0 Å². The topological polar surface area (TPSA) is 21.1 Å². The van der Waals surface area contributed by atoms with Gasteiger partial charge in [0.1, 0.15) is 0 Å². The number of anilines is 1. The Morgan fingerprint density at radius 3 is 2.53 bits per heavy atom. The Kier molecular flexibility index (Phi) is 5.01. The molecule has 1 aromatic heterocycles. The molecule has 1 aromatic carbocycles. The van der Waals surface area contributed by atoms with Crippen LogP contribution in [-0.2, 0) is 0 Å². The monoisotopic (exact) mass is 257 g/mol. The summed E-state index contributed by atoms with van der Waals surface area (Å²) in [4.78, 5) is 6.39. The molecule has 2 rings (SSSR count). The first-order valence-corrected chi connectivity index (χ1v) is 7.11. The van der Waals surface area contributed by atoms with Gasteiger partial charge in [-0.05, 0) is 30.7 Å². The van der Waals surface area contributed by atoms with E-state index in [0.29, 0.717) is 0 Å². The van der Waals surface area contributed by atoms with Crippen LogP contribution in [0.15, 0.2) is 43.0 Å². The summed E-state index contributed by atoms with van der Waals surface area (Å²) < 4.78 is 2.02. The quantitative estimate of drug-likeness (QED) is 0.702. The molecule has 0 saturated carbocycles. The van der Waals surface area contributed by atoms with Crippen LogP contribution in [0.2, 0.25) is 0 Å². The molecule has 102 valence electrons. The third-order valence-electron chi connectivity index (χ3n) is 3.44. The maximum atomic E-state index is 4.07. The zero-order valence-electron chi connectivity index (χ0n) is 11.9. The van der Waals surface area contributed by atoms with Crippen molar-refractivity contribution >= 4 is 5.69 Å². The molecule has 0 radical (unpaired) electrons. The Bertz CT molecular complexity index is 459. The summed E-state index contributed by atoms with van der Waals surface area (Å²) in [5.74, 6) is 0. The standard InChI is InChI=1S/C16H23N3/c1-3-4-5-6-12-18(2)15-7-9-16(10-8-15)19-13-11-17-14-19/h7-11,13-14H,3-6,12H2,1-2H3. The van der Waals surface area contributed by atoms with Gasteiger partial charge in [-0.2, -0.15) is 0 Å². The summed E-state index contributed by atoms with van der Waals surface area (Å²) in [5.41, 5.74) is 2.43.